The van der Waals surface area contributed by atoms with Crippen molar-refractivity contribution in [2.45, 2.75) is 20.8 Å². The van der Waals surface area contributed by atoms with Crippen molar-refractivity contribution in [3.8, 4) is 11.3 Å². The maximum absolute atomic E-state index is 13.3. The highest BCUT2D eigenvalue weighted by molar-refractivity contribution is 5.93. The van der Waals surface area contributed by atoms with E-state index >= 15 is 0 Å². The zero-order valence-corrected chi connectivity index (χ0v) is 12.8. The molecule has 116 valence electrons. The van der Waals surface area contributed by atoms with Gasteiger partial charge in [0.2, 0.25) is 0 Å². The number of carbonyl (C=O) groups is 1. The van der Waals surface area contributed by atoms with Gasteiger partial charge in [-0.05, 0) is 50.6 Å². The molecule has 1 amide bonds. The summed E-state index contributed by atoms with van der Waals surface area (Å²) in [6.45, 7) is 6.46. The highest BCUT2D eigenvalue weighted by Gasteiger charge is 2.15. The SMILES string of the molecule is CCN(CC)C(=O)c1cc(-c2ccc(F)c(C)c2)nc(=O)[nH]1. The van der Waals surface area contributed by atoms with Crippen LogP contribution < -0.4 is 5.69 Å². The average Bonchev–Trinajstić information content (AvgIpc) is 2.50. The molecular weight excluding hydrogens is 285 g/mol. The number of aromatic nitrogens is 2. The number of benzene rings is 1. The number of rotatable bonds is 4. The molecule has 0 aliphatic heterocycles. The van der Waals surface area contributed by atoms with Gasteiger partial charge in [-0.15, -0.1) is 0 Å². The van der Waals surface area contributed by atoms with Crippen molar-refractivity contribution in [3.05, 3.63) is 51.8 Å². The number of aromatic amines is 1. The van der Waals surface area contributed by atoms with Gasteiger partial charge in [-0.25, -0.2) is 9.18 Å². The van der Waals surface area contributed by atoms with E-state index in [-0.39, 0.29) is 17.4 Å². The Bertz CT molecular complexity index is 751. The van der Waals surface area contributed by atoms with Crippen molar-refractivity contribution < 1.29 is 9.18 Å². The Balaban J connectivity index is 2.48. The Hall–Kier alpha value is -2.50. The Morgan fingerprint density at radius 3 is 2.55 bits per heavy atom. The predicted octanol–water partition coefficient (Wildman–Crippen LogP) is 2.37. The fraction of sp³-hybridized carbons (Fsp3) is 0.312. The molecule has 0 bridgehead atoms. The molecule has 1 heterocycles. The minimum absolute atomic E-state index is 0.181. The van der Waals surface area contributed by atoms with Crippen molar-refractivity contribution in [2.75, 3.05) is 13.1 Å². The van der Waals surface area contributed by atoms with E-state index in [1.807, 2.05) is 13.8 Å². The van der Waals surface area contributed by atoms with Crippen molar-refractivity contribution in [2.24, 2.45) is 0 Å². The predicted molar refractivity (Wildman–Crippen MR) is 82.2 cm³/mol. The van der Waals surface area contributed by atoms with Crippen LogP contribution in [-0.2, 0) is 0 Å². The molecule has 0 fully saturated rings. The van der Waals surface area contributed by atoms with Crippen molar-refractivity contribution >= 4 is 5.91 Å². The van der Waals surface area contributed by atoms with Gasteiger partial charge in [0.05, 0.1) is 5.69 Å². The number of carbonyl (C=O) groups excluding carboxylic acids is 1. The average molecular weight is 303 g/mol. The van der Waals surface area contributed by atoms with Crippen molar-refractivity contribution in [3.63, 3.8) is 0 Å². The molecule has 1 N–H and O–H groups in total. The first-order valence-corrected chi connectivity index (χ1v) is 7.13. The van der Waals surface area contributed by atoms with E-state index in [1.54, 1.807) is 17.9 Å². The zero-order chi connectivity index (χ0) is 16.3. The van der Waals surface area contributed by atoms with E-state index in [0.717, 1.165) is 0 Å². The number of nitrogens with one attached hydrogen (secondary N) is 1. The molecule has 5 nitrogen and oxygen atoms in total. The van der Waals surface area contributed by atoms with Crippen LogP contribution in [0.25, 0.3) is 11.3 Å². The van der Waals surface area contributed by atoms with Gasteiger partial charge in [0.1, 0.15) is 11.5 Å². The summed E-state index contributed by atoms with van der Waals surface area (Å²) >= 11 is 0. The van der Waals surface area contributed by atoms with Crippen molar-refractivity contribution in [1.82, 2.24) is 14.9 Å². The summed E-state index contributed by atoms with van der Waals surface area (Å²) in [7, 11) is 0. The van der Waals surface area contributed by atoms with Crippen LogP contribution in [0.2, 0.25) is 0 Å². The largest absolute Gasteiger partial charge is 0.346 e. The van der Waals surface area contributed by atoms with Gasteiger partial charge in [-0.2, -0.15) is 4.98 Å². The van der Waals surface area contributed by atoms with E-state index in [4.69, 9.17) is 0 Å². The molecule has 0 saturated heterocycles. The summed E-state index contributed by atoms with van der Waals surface area (Å²) in [5, 5.41) is 0. The van der Waals surface area contributed by atoms with Crippen LogP contribution in [0.5, 0.6) is 0 Å². The lowest BCUT2D eigenvalue weighted by atomic mass is 10.1. The van der Waals surface area contributed by atoms with Crippen LogP contribution >= 0.6 is 0 Å². The summed E-state index contributed by atoms with van der Waals surface area (Å²) in [5.41, 5.74) is 0.979. The molecule has 6 heteroatoms. The fourth-order valence-electron chi connectivity index (χ4n) is 2.21. The van der Waals surface area contributed by atoms with E-state index in [9.17, 15) is 14.0 Å². The molecule has 0 aliphatic rings. The number of nitrogens with zero attached hydrogens (tertiary/aromatic N) is 2. The van der Waals surface area contributed by atoms with Gasteiger partial charge < -0.3 is 9.88 Å². The molecule has 1 aromatic heterocycles. The second-order valence-electron chi connectivity index (χ2n) is 4.93. The first-order chi connectivity index (χ1) is 10.5. The number of H-pyrrole nitrogens is 1. The zero-order valence-electron chi connectivity index (χ0n) is 12.8. The van der Waals surface area contributed by atoms with Crippen LogP contribution in [0.1, 0.15) is 29.9 Å². The molecule has 0 unspecified atom stereocenters. The summed E-state index contributed by atoms with van der Waals surface area (Å²) < 4.78 is 13.3. The van der Waals surface area contributed by atoms with Gasteiger partial charge in [0.25, 0.3) is 5.91 Å². The van der Waals surface area contributed by atoms with Crippen LogP contribution in [0.15, 0.2) is 29.1 Å². The molecule has 1 aromatic carbocycles. The summed E-state index contributed by atoms with van der Waals surface area (Å²) in [6, 6.07) is 5.98. The molecule has 2 aromatic rings. The van der Waals surface area contributed by atoms with Gasteiger partial charge in [0.15, 0.2) is 0 Å². The quantitative estimate of drug-likeness (QED) is 0.943. The van der Waals surface area contributed by atoms with Crippen LogP contribution in [0.4, 0.5) is 4.39 Å². The van der Waals surface area contributed by atoms with Gasteiger partial charge in [-0.1, -0.05) is 0 Å². The maximum Gasteiger partial charge on any atom is 0.346 e. The lowest BCUT2D eigenvalue weighted by molar-refractivity contribution is 0.0766. The van der Waals surface area contributed by atoms with Gasteiger partial charge >= 0.3 is 5.69 Å². The van der Waals surface area contributed by atoms with E-state index < -0.39 is 5.69 Å². The second-order valence-corrected chi connectivity index (χ2v) is 4.93. The molecule has 0 aliphatic carbocycles. The first kappa shape index (κ1) is 15.9. The Morgan fingerprint density at radius 2 is 1.95 bits per heavy atom. The topological polar surface area (TPSA) is 66.1 Å². The first-order valence-electron chi connectivity index (χ1n) is 7.13. The van der Waals surface area contributed by atoms with Crippen LogP contribution in [0, 0.1) is 12.7 Å². The van der Waals surface area contributed by atoms with E-state index in [1.165, 1.54) is 18.2 Å². The number of hydrogen-bond donors (Lipinski definition) is 1. The van der Waals surface area contributed by atoms with E-state index in [2.05, 4.69) is 9.97 Å². The van der Waals surface area contributed by atoms with Crippen molar-refractivity contribution in [1.29, 1.82) is 0 Å². The van der Waals surface area contributed by atoms with Gasteiger partial charge in [-0.3, -0.25) is 4.79 Å². The lowest BCUT2D eigenvalue weighted by Crippen LogP contribution is -2.32. The minimum atomic E-state index is -0.602. The third kappa shape index (κ3) is 3.21. The summed E-state index contributed by atoms with van der Waals surface area (Å²) in [6.07, 6.45) is 0. The minimum Gasteiger partial charge on any atom is -0.338 e. The lowest BCUT2D eigenvalue weighted by Gasteiger charge is -2.18. The molecule has 2 rings (SSSR count). The Kier molecular flexibility index (Phi) is 4.70. The third-order valence-electron chi connectivity index (χ3n) is 3.48. The molecule has 0 radical (unpaired) electrons. The molecule has 0 saturated carbocycles. The standard InChI is InChI=1S/C16H18FN3O2/c1-4-20(5-2)15(21)14-9-13(18-16(22)19-14)11-6-7-12(17)10(3)8-11/h6-9H,4-5H2,1-3H3,(H,18,19,22). The molecule has 0 atom stereocenters. The third-order valence-corrected chi connectivity index (χ3v) is 3.48. The number of aryl methyl sites for hydroxylation is 1. The normalized spacial score (nSPS) is 10.5. The fourth-order valence-corrected chi connectivity index (χ4v) is 2.21. The molecule has 0 spiro atoms. The monoisotopic (exact) mass is 303 g/mol. The molecule has 22 heavy (non-hydrogen) atoms. The highest BCUT2D eigenvalue weighted by Crippen LogP contribution is 2.19. The number of halogens is 1. The second kappa shape index (κ2) is 6.51. The van der Waals surface area contributed by atoms with E-state index in [0.29, 0.717) is 29.9 Å². The number of amides is 1. The highest BCUT2D eigenvalue weighted by atomic mass is 19.1. The Labute approximate surface area is 127 Å². The maximum atomic E-state index is 13.3. The van der Waals surface area contributed by atoms with Gasteiger partial charge in [0, 0.05) is 18.7 Å². The summed E-state index contributed by atoms with van der Waals surface area (Å²) in [5.74, 6) is -0.586. The van der Waals surface area contributed by atoms with Crippen LogP contribution in [-0.4, -0.2) is 33.9 Å². The van der Waals surface area contributed by atoms with Crippen LogP contribution in [0.3, 0.4) is 0 Å². The Morgan fingerprint density at radius 1 is 1.27 bits per heavy atom. The summed E-state index contributed by atoms with van der Waals surface area (Å²) in [4.78, 5) is 32.0. The number of hydrogen-bond acceptors (Lipinski definition) is 3. The molecular formula is C16H18FN3O2. The smallest absolute Gasteiger partial charge is 0.338 e.